The van der Waals surface area contributed by atoms with Gasteiger partial charge in [-0.05, 0) is 67.2 Å². The highest BCUT2D eigenvalue weighted by Crippen LogP contribution is 2.44. The number of methoxy groups -OCH3 is 1. The van der Waals surface area contributed by atoms with Gasteiger partial charge < -0.3 is 9.64 Å². The van der Waals surface area contributed by atoms with Crippen LogP contribution in [0.4, 0.5) is 4.39 Å². The van der Waals surface area contributed by atoms with Crippen molar-refractivity contribution in [2.45, 2.75) is 51.4 Å². The fourth-order valence-electron chi connectivity index (χ4n) is 4.21. The van der Waals surface area contributed by atoms with Gasteiger partial charge in [0, 0.05) is 19.5 Å². The van der Waals surface area contributed by atoms with E-state index in [0.717, 1.165) is 50.8 Å². The predicted octanol–water partition coefficient (Wildman–Crippen LogP) is 3.90. The fraction of sp³-hybridized carbons (Fsp3) is 0.632. The van der Waals surface area contributed by atoms with Crippen molar-refractivity contribution in [3.05, 3.63) is 29.1 Å². The minimum atomic E-state index is -0.258. The first kappa shape index (κ1) is 16.3. The second-order valence-corrected chi connectivity index (χ2v) is 6.80. The standard InChI is InChI=1S/C19H26FNO2/c1-3-4-19(22)21-9-7-13(8-10-21)15-6-5-14-11-17(20)18(23-2)12-16(14)15/h11-13,15H,3-10H2,1-2H3. The van der Waals surface area contributed by atoms with E-state index in [4.69, 9.17) is 4.74 Å². The lowest BCUT2D eigenvalue weighted by Crippen LogP contribution is -2.39. The van der Waals surface area contributed by atoms with Gasteiger partial charge in [0.15, 0.2) is 11.6 Å². The Hall–Kier alpha value is -1.58. The molecule has 1 amide bonds. The van der Waals surface area contributed by atoms with Gasteiger partial charge in [0.1, 0.15) is 0 Å². The molecule has 0 radical (unpaired) electrons. The topological polar surface area (TPSA) is 29.5 Å². The van der Waals surface area contributed by atoms with Gasteiger partial charge in [0.2, 0.25) is 5.91 Å². The number of likely N-dealkylation sites (tertiary alicyclic amines) is 1. The monoisotopic (exact) mass is 319 g/mol. The van der Waals surface area contributed by atoms with E-state index >= 15 is 0 Å². The van der Waals surface area contributed by atoms with Gasteiger partial charge in [-0.15, -0.1) is 0 Å². The summed E-state index contributed by atoms with van der Waals surface area (Å²) < 4.78 is 19.0. The molecule has 1 aliphatic heterocycles. The van der Waals surface area contributed by atoms with Crippen molar-refractivity contribution < 1.29 is 13.9 Å². The van der Waals surface area contributed by atoms with Crippen LogP contribution in [0.15, 0.2) is 12.1 Å². The van der Waals surface area contributed by atoms with Crippen LogP contribution in [0.2, 0.25) is 0 Å². The second-order valence-electron chi connectivity index (χ2n) is 6.80. The summed E-state index contributed by atoms with van der Waals surface area (Å²) >= 11 is 0. The summed E-state index contributed by atoms with van der Waals surface area (Å²) in [5.74, 6) is 1.47. The van der Waals surface area contributed by atoms with E-state index in [2.05, 4.69) is 0 Å². The van der Waals surface area contributed by atoms with E-state index < -0.39 is 0 Å². The lowest BCUT2D eigenvalue weighted by atomic mass is 9.81. The molecule has 2 aliphatic rings. The highest BCUT2D eigenvalue weighted by molar-refractivity contribution is 5.76. The average molecular weight is 319 g/mol. The molecule has 3 nitrogen and oxygen atoms in total. The summed E-state index contributed by atoms with van der Waals surface area (Å²) in [6.07, 6.45) is 5.73. The van der Waals surface area contributed by atoms with E-state index in [1.165, 1.54) is 12.7 Å². The Balaban J connectivity index is 1.68. The maximum atomic E-state index is 13.9. The van der Waals surface area contributed by atoms with Gasteiger partial charge in [0.05, 0.1) is 7.11 Å². The molecule has 0 spiro atoms. The highest BCUT2D eigenvalue weighted by Gasteiger charge is 2.33. The SMILES string of the molecule is CCCC(=O)N1CCC(C2CCc3cc(F)c(OC)cc32)CC1. The Bertz CT molecular complexity index is 579. The normalized spacial score (nSPS) is 21.3. The van der Waals surface area contributed by atoms with Gasteiger partial charge in [-0.25, -0.2) is 4.39 Å². The molecule has 3 rings (SSSR count). The average Bonchev–Trinajstić information content (AvgIpc) is 2.97. The first-order valence-electron chi connectivity index (χ1n) is 8.78. The summed E-state index contributed by atoms with van der Waals surface area (Å²) in [6.45, 7) is 3.79. The number of aryl methyl sites for hydroxylation is 1. The minimum absolute atomic E-state index is 0.258. The molecule has 126 valence electrons. The molecule has 23 heavy (non-hydrogen) atoms. The van der Waals surface area contributed by atoms with E-state index in [1.807, 2.05) is 17.9 Å². The van der Waals surface area contributed by atoms with Crippen LogP contribution in [-0.2, 0) is 11.2 Å². The van der Waals surface area contributed by atoms with Gasteiger partial charge in [-0.2, -0.15) is 0 Å². The summed E-state index contributed by atoms with van der Waals surface area (Å²) in [5, 5.41) is 0. The number of hydrogen-bond donors (Lipinski definition) is 0. The molecule has 0 aromatic heterocycles. The highest BCUT2D eigenvalue weighted by atomic mass is 19.1. The zero-order valence-corrected chi connectivity index (χ0v) is 14.1. The molecule has 1 atom stereocenters. The number of carbonyl (C=O) groups excluding carboxylic acids is 1. The number of nitrogens with zero attached hydrogens (tertiary/aromatic N) is 1. The Morgan fingerprint density at radius 3 is 2.70 bits per heavy atom. The van der Waals surface area contributed by atoms with E-state index in [1.54, 1.807) is 6.07 Å². The Morgan fingerprint density at radius 1 is 1.30 bits per heavy atom. The quantitative estimate of drug-likeness (QED) is 0.842. The van der Waals surface area contributed by atoms with Gasteiger partial charge in [-0.1, -0.05) is 6.92 Å². The van der Waals surface area contributed by atoms with Crippen LogP contribution in [0.3, 0.4) is 0 Å². The molecule has 1 heterocycles. The number of benzene rings is 1. The van der Waals surface area contributed by atoms with Gasteiger partial charge >= 0.3 is 0 Å². The molecular formula is C19H26FNO2. The van der Waals surface area contributed by atoms with E-state index in [-0.39, 0.29) is 5.82 Å². The van der Waals surface area contributed by atoms with Crippen molar-refractivity contribution in [2.75, 3.05) is 20.2 Å². The number of hydrogen-bond acceptors (Lipinski definition) is 2. The van der Waals surface area contributed by atoms with Crippen LogP contribution < -0.4 is 4.74 Å². The third kappa shape index (κ3) is 3.22. The number of amides is 1. The lowest BCUT2D eigenvalue weighted by Gasteiger charge is -2.35. The molecule has 4 heteroatoms. The first-order chi connectivity index (χ1) is 11.1. The van der Waals surface area contributed by atoms with Crippen molar-refractivity contribution in [1.29, 1.82) is 0 Å². The zero-order chi connectivity index (χ0) is 16.4. The fourth-order valence-corrected chi connectivity index (χ4v) is 4.21. The minimum Gasteiger partial charge on any atom is -0.494 e. The third-order valence-electron chi connectivity index (χ3n) is 5.46. The van der Waals surface area contributed by atoms with Crippen LogP contribution in [0.5, 0.6) is 5.75 Å². The van der Waals surface area contributed by atoms with Crippen molar-refractivity contribution in [3.63, 3.8) is 0 Å². The molecule has 1 aromatic carbocycles. The number of halogens is 1. The van der Waals surface area contributed by atoms with Gasteiger partial charge in [-0.3, -0.25) is 4.79 Å². The molecule has 0 bridgehead atoms. The Labute approximate surface area is 137 Å². The number of ether oxygens (including phenoxy) is 1. The van der Waals surface area contributed by atoms with E-state index in [9.17, 15) is 9.18 Å². The number of piperidine rings is 1. The summed E-state index contributed by atoms with van der Waals surface area (Å²) in [6, 6.07) is 3.55. The smallest absolute Gasteiger partial charge is 0.222 e. The third-order valence-corrected chi connectivity index (χ3v) is 5.46. The molecule has 1 aromatic rings. The molecule has 1 unspecified atom stereocenters. The van der Waals surface area contributed by atoms with Crippen LogP contribution >= 0.6 is 0 Å². The van der Waals surface area contributed by atoms with Crippen molar-refractivity contribution in [1.82, 2.24) is 4.90 Å². The molecule has 0 N–H and O–H groups in total. The van der Waals surface area contributed by atoms with Crippen LogP contribution in [-0.4, -0.2) is 31.0 Å². The van der Waals surface area contributed by atoms with Crippen molar-refractivity contribution >= 4 is 5.91 Å². The Kier molecular flexibility index (Phi) is 4.88. The summed E-state index contributed by atoms with van der Waals surface area (Å²) in [4.78, 5) is 14.0. The Morgan fingerprint density at radius 2 is 2.04 bits per heavy atom. The molecule has 1 saturated heterocycles. The largest absolute Gasteiger partial charge is 0.494 e. The predicted molar refractivity (Wildman–Crippen MR) is 88.2 cm³/mol. The van der Waals surface area contributed by atoms with E-state index in [0.29, 0.717) is 29.9 Å². The van der Waals surface area contributed by atoms with Crippen LogP contribution in [0.25, 0.3) is 0 Å². The lowest BCUT2D eigenvalue weighted by molar-refractivity contribution is -0.132. The summed E-state index contributed by atoms with van der Waals surface area (Å²) in [5.41, 5.74) is 2.40. The maximum absolute atomic E-state index is 13.9. The maximum Gasteiger partial charge on any atom is 0.222 e. The van der Waals surface area contributed by atoms with Crippen molar-refractivity contribution in [3.8, 4) is 5.75 Å². The van der Waals surface area contributed by atoms with Crippen LogP contribution in [0.1, 0.15) is 56.1 Å². The first-order valence-corrected chi connectivity index (χ1v) is 8.78. The zero-order valence-electron chi connectivity index (χ0n) is 14.1. The number of fused-ring (bicyclic) bond motifs is 1. The second kappa shape index (κ2) is 6.90. The van der Waals surface area contributed by atoms with Gasteiger partial charge in [0.25, 0.3) is 0 Å². The molecule has 0 saturated carbocycles. The molecular weight excluding hydrogens is 293 g/mol. The van der Waals surface area contributed by atoms with Crippen LogP contribution in [0, 0.1) is 11.7 Å². The number of carbonyl (C=O) groups is 1. The number of rotatable bonds is 4. The molecule has 1 fully saturated rings. The van der Waals surface area contributed by atoms with Crippen molar-refractivity contribution in [2.24, 2.45) is 5.92 Å². The summed E-state index contributed by atoms with van der Waals surface area (Å²) in [7, 11) is 1.52. The molecule has 1 aliphatic carbocycles.